The molecule has 1 aromatic heterocycles. The summed E-state index contributed by atoms with van der Waals surface area (Å²) >= 11 is 1.53. The predicted molar refractivity (Wildman–Crippen MR) is 65.0 cm³/mol. The highest BCUT2D eigenvalue weighted by Gasteiger charge is 2.38. The number of nitrogens with one attached hydrogen (secondary N) is 1. The van der Waals surface area contributed by atoms with Gasteiger partial charge < -0.3 is 4.90 Å². The summed E-state index contributed by atoms with van der Waals surface area (Å²) in [7, 11) is 0. The normalized spacial score (nSPS) is 23.9. The number of carbonyl (C=O) groups excluding carboxylic acids is 3. The van der Waals surface area contributed by atoms with E-state index in [0.717, 1.165) is 4.88 Å². The molecule has 94 valence electrons. The maximum atomic E-state index is 12.2. The summed E-state index contributed by atoms with van der Waals surface area (Å²) in [6.45, 7) is 0.484. The lowest BCUT2D eigenvalue weighted by Crippen LogP contribution is -2.46. The average molecular weight is 264 g/mol. The Bertz CT molecular complexity index is 537. The molecule has 1 saturated heterocycles. The van der Waals surface area contributed by atoms with Crippen LogP contribution >= 0.6 is 11.3 Å². The van der Waals surface area contributed by atoms with Crippen LogP contribution < -0.4 is 5.32 Å². The third-order valence-corrected chi connectivity index (χ3v) is 4.28. The standard InChI is InChI=1S/C12H12N2O3S/c15-10-3-1-2-8(11(16)13-10)14-6-9-7(12(14)17)4-5-18-9/h4-5,8H,1-3,6H2,(H,13,15,16)/t8-/m0/s1. The van der Waals surface area contributed by atoms with Crippen molar-refractivity contribution in [3.05, 3.63) is 21.9 Å². The molecular weight excluding hydrogens is 252 g/mol. The number of hydrogen-bond acceptors (Lipinski definition) is 4. The summed E-state index contributed by atoms with van der Waals surface area (Å²) in [5, 5.41) is 4.23. The van der Waals surface area contributed by atoms with Crippen molar-refractivity contribution in [2.45, 2.75) is 31.8 Å². The first-order valence-electron chi connectivity index (χ1n) is 5.88. The van der Waals surface area contributed by atoms with E-state index in [1.54, 1.807) is 11.0 Å². The van der Waals surface area contributed by atoms with Gasteiger partial charge in [-0.05, 0) is 24.3 Å². The third-order valence-electron chi connectivity index (χ3n) is 3.37. The smallest absolute Gasteiger partial charge is 0.256 e. The Morgan fingerprint density at radius 2 is 2.17 bits per heavy atom. The van der Waals surface area contributed by atoms with Crippen molar-refractivity contribution in [1.29, 1.82) is 0 Å². The lowest BCUT2D eigenvalue weighted by Gasteiger charge is -2.24. The molecule has 6 heteroatoms. The number of hydrogen-bond donors (Lipinski definition) is 1. The fourth-order valence-electron chi connectivity index (χ4n) is 2.45. The zero-order valence-corrected chi connectivity index (χ0v) is 10.5. The Hall–Kier alpha value is -1.69. The van der Waals surface area contributed by atoms with E-state index in [1.807, 2.05) is 5.38 Å². The highest BCUT2D eigenvalue weighted by molar-refractivity contribution is 7.10. The second kappa shape index (κ2) is 4.20. The minimum atomic E-state index is -0.511. The fourth-order valence-corrected chi connectivity index (χ4v) is 3.32. The van der Waals surface area contributed by atoms with Crippen LogP contribution in [0, 0.1) is 0 Å². The highest BCUT2D eigenvalue weighted by Crippen LogP contribution is 2.30. The van der Waals surface area contributed by atoms with E-state index in [4.69, 9.17) is 0 Å². The lowest BCUT2D eigenvalue weighted by atomic mass is 10.1. The molecule has 0 aromatic carbocycles. The average Bonchev–Trinajstić information content (AvgIpc) is 2.84. The summed E-state index contributed by atoms with van der Waals surface area (Å²) in [4.78, 5) is 37.9. The quantitative estimate of drug-likeness (QED) is 0.766. The SMILES string of the molecule is O=C1CCC[C@H](N2Cc3sccc3C2=O)C(=O)N1. The van der Waals surface area contributed by atoms with Crippen LogP contribution in [0.1, 0.15) is 34.5 Å². The number of rotatable bonds is 1. The molecule has 0 spiro atoms. The molecule has 2 aliphatic rings. The van der Waals surface area contributed by atoms with Crippen LogP contribution in [0.15, 0.2) is 11.4 Å². The maximum Gasteiger partial charge on any atom is 0.256 e. The van der Waals surface area contributed by atoms with Gasteiger partial charge in [-0.3, -0.25) is 19.7 Å². The number of carbonyl (C=O) groups is 3. The number of nitrogens with zero attached hydrogens (tertiary/aromatic N) is 1. The molecule has 0 bridgehead atoms. The molecule has 18 heavy (non-hydrogen) atoms. The van der Waals surface area contributed by atoms with Crippen LogP contribution in [-0.2, 0) is 16.1 Å². The molecule has 1 fully saturated rings. The molecule has 0 unspecified atom stereocenters. The Labute approximate surface area is 108 Å². The molecule has 3 heterocycles. The van der Waals surface area contributed by atoms with Gasteiger partial charge in [-0.2, -0.15) is 0 Å². The van der Waals surface area contributed by atoms with Crippen molar-refractivity contribution in [3.63, 3.8) is 0 Å². The summed E-state index contributed by atoms with van der Waals surface area (Å²) < 4.78 is 0. The summed E-state index contributed by atoms with van der Waals surface area (Å²) in [5.41, 5.74) is 0.698. The van der Waals surface area contributed by atoms with Crippen molar-refractivity contribution in [1.82, 2.24) is 10.2 Å². The van der Waals surface area contributed by atoms with Gasteiger partial charge in [0.15, 0.2) is 0 Å². The zero-order valence-electron chi connectivity index (χ0n) is 9.64. The van der Waals surface area contributed by atoms with Gasteiger partial charge in [-0.25, -0.2) is 0 Å². The highest BCUT2D eigenvalue weighted by atomic mass is 32.1. The molecule has 0 saturated carbocycles. The topological polar surface area (TPSA) is 66.5 Å². The third kappa shape index (κ3) is 1.73. The molecule has 0 aliphatic carbocycles. The number of fused-ring (bicyclic) bond motifs is 1. The van der Waals surface area contributed by atoms with E-state index in [-0.39, 0.29) is 17.7 Å². The first-order valence-corrected chi connectivity index (χ1v) is 6.76. The van der Waals surface area contributed by atoms with Crippen LogP contribution in [0.2, 0.25) is 0 Å². The van der Waals surface area contributed by atoms with Gasteiger partial charge in [0.1, 0.15) is 6.04 Å². The Balaban J connectivity index is 1.84. The second-order valence-electron chi connectivity index (χ2n) is 4.51. The first kappa shape index (κ1) is 11.4. The van der Waals surface area contributed by atoms with E-state index < -0.39 is 6.04 Å². The van der Waals surface area contributed by atoms with Crippen LogP contribution in [0.5, 0.6) is 0 Å². The van der Waals surface area contributed by atoms with Crippen molar-refractivity contribution in [3.8, 4) is 0 Å². The van der Waals surface area contributed by atoms with Gasteiger partial charge in [0.05, 0.1) is 12.1 Å². The molecule has 2 aliphatic heterocycles. The van der Waals surface area contributed by atoms with Gasteiger partial charge in [0, 0.05) is 11.3 Å². The van der Waals surface area contributed by atoms with Crippen molar-refractivity contribution >= 4 is 29.1 Å². The maximum absolute atomic E-state index is 12.2. The molecule has 1 N–H and O–H groups in total. The van der Waals surface area contributed by atoms with Gasteiger partial charge in [0.25, 0.3) is 5.91 Å². The van der Waals surface area contributed by atoms with Crippen molar-refractivity contribution in [2.75, 3.05) is 0 Å². The lowest BCUT2D eigenvalue weighted by molar-refractivity contribution is -0.132. The number of thiophene rings is 1. The Kier molecular flexibility index (Phi) is 2.66. The molecular formula is C12H12N2O3S. The van der Waals surface area contributed by atoms with E-state index >= 15 is 0 Å². The Morgan fingerprint density at radius 3 is 2.94 bits per heavy atom. The van der Waals surface area contributed by atoms with E-state index in [1.165, 1.54) is 11.3 Å². The number of amides is 3. The fraction of sp³-hybridized carbons (Fsp3) is 0.417. The molecule has 3 rings (SSSR count). The molecule has 5 nitrogen and oxygen atoms in total. The minimum absolute atomic E-state index is 0.0965. The van der Waals surface area contributed by atoms with Crippen LogP contribution in [0.4, 0.5) is 0 Å². The van der Waals surface area contributed by atoms with Gasteiger partial charge in [0.2, 0.25) is 11.8 Å². The van der Waals surface area contributed by atoms with Crippen LogP contribution in [0.25, 0.3) is 0 Å². The number of imide groups is 1. The largest absolute Gasteiger partial charge is 0.321 e. The summed E-state index contributed by atoms with van der Waals surface area (Å²) in [5.74, 6) is -0.689. The molecule has 1 atom stereocenters. The van der Waals surface area contributed by atoms with E-state index in [9.17, 15) is 14.4 Å². The zero-order chi connectivity index (χ0) is 12.7. The van der Waals surface area contributed by atoms with Crippen LogP contribution in [-0.4, -0.2) is 28.7 Å². The summed E-state index contributed by atoms with van der Waals surface area (Å²) in [6, 6.07) is 1.28. The predicted octanol–water partition coefficient (Wildman–Crippen LogP) is 0.899. The van der Waals surface area contributed by atoms with Crippen molar-refractivity contribution < 1.29 is 14.4 Å². The first-order chi connectivity index (χ1) is 8.66. The molecule has 0 radical (unpaired) electrons. The summed E-state index contributed by atoms with van der Waals surface area (Å²) in [6.07, 6.45) is 1.55. The van der Waals surface area contributed by atoms with Crippen molar-refractivity contribution in [2.24, 2.45) is 0 Å². The second-order valence-corrected chi connectivity index (χ2v) is 5.51. The van der Waals surface area contributed by atoms with Gasteiger partial charge in [-0.1, -0.05) is 0 Å². The van der Waals surface area contributed by atoms with E-state index in [2.05, 4.69) is 5.32 Å². The van der Waals surface area contributed by atoms with Gasteiger partial charge >= 0.3 is 0 Å². The van der Waals surface area contributed by atoms with E-state index in [0.29, 0.717) is 31.4 Å². The molecule has 3 amide bonds. The monoisotopic (exact) mass is 264 g/mol. The van der Waals surface area contributed by atoms with Crippen LogP contribution in [0.3, 0.4) is 0 Å². The van der Waals surface area contributed by atoms with Gasteiger partial charge in [-0.15, -0.1) is 11.3 Å². The molecule has 1 aromatic rings. The minimum Gasteiger partial charge on any atom is -0.321 e. The Morgan fingerprint density at radius 1 is 1.33 bits per heavy atom.